The van der Waals surface area contributed by atoms with Gasteiger partial charge in [0.05, 0.1) is 7.11 Å². The molecule has 2 rings (SSSR count). The van der Waals surface area contributed by atoms with Crippen molar-refractivity contribution in [1.29, 1.82) is 0 Å². The molecule has 3 nitrogen and oxygen atoms in total. The Balaban J connectivity index is 1.78. The quantitative estimate of drug-likeness (QED) is 0.778. The van der Waals surface area contributed by atoms with E-state index >= 15 is 0 Å². The van der Waals surface area contributed by atoms with E-state index in [1.54, 1.807) is 7.11 Å². The van der Waals surface area contributed by atoms with Crippen LogP contribution in [0.2, 0.25) is 0 Å². The molecule has 0 aliphatic heterocycles. The van der Waals surface area contributed by atoms with Gasteiger partial charge < -0.3 is 15.2 Å². The van der Waals surface area contributed by atoms with Crippen molar-refractivity contribution in [1.82, 2.24) is 5.32 Å². The summed E-state index contributed by atoms with van der Waals surface area (Å²) >= 11 is 0. The van der Waals surface area contributed by atoms with Crippen LogP contribution in [-0.4, -0.2) is 31.9 Å². The highest BCUT2D eigenvalue weighted by Crippen LogP contribution is 2.44. The van der Waals surface area contributed by atoms with Crippen molar-refractivity contribution in [3.05, 3.63) is 29.8 Å². The van der Waals surface area contributed by atoms with E-state index in [1.165, 1.54) is 5.56 Å². The van der Waals surface area contributed by atoms with E-state index < -0.39 is 0 Å². The van der Waals surface area contributed by atoms with Gasteiger partial charge in [-0.2, -0.15) is 0 Å². The summed E-state index contributed by atoms with van der Waals surface area (Å²) in [7, 11) is 1.68. The van der Waals surface area contributed by atoms with Gasteiger partial charge in [-0.15, -0.1) is 0 Å². The average molecular weight is 249 g/mol. The first-order valence-corrected chi connectivity index (χ1v) is 6.65. The molecule has 1 atom stereocenters. The van der Waals surface area contributed by atoms with Gasteiger partial charge in [-0.25, -0.2) is 0 Å². The summed E-state index contributed by atoms with van der Waals surface area (Å²) in [6.07, 6.45) is 2.32. The number of hydrogen-bond acceptors (Lipinski definition) is 3. The Labute approximate surface area is 109 Å². The second-order valence-electron chi connectivity index (χ2n) is 5.46. The van der Waals surface area contributed by atoms with E-state index in [4.69, 9.17) is 4.74 Å². The third-order valence-electron chi connectivity index (χ3n) is 3.93. The molecule has 1 unspecified atom stereocenters. The van der Waals surface area contributed by atoms with Crippen molar-refractivity contribution in [2.75, 3.05) is 26.8 Å². The minimum absolute atomic E-state index is 0.194. The summed E-state index contributed by atoms with van der Waals surface area (Å²) in [6, 6.07) is 8.23. The standard InChI is InChI=1S/C15H23NO2/c1-12(9-16-10-15(11-17)7-8-15)13-3-5-14(18-2)6-4-13/h3-6,12,16-17H,7-11H2,1-2H3. The van der Waals surface area contributed by atoms with E-state index in [-0.39, 0.29) is 5.41 Å². The minimum atomic E-state index is 0.194. The zero-order chi connectivity index (χ0) is 13.0. The van der Waals surface area contributed by atoms with Gasteiger partial charge in [-0.3, -0.25) is 0 Å². The number of nitrogens with one attached hydrogen (secondary N) is 1. The van der Waals surface area contributed by atoms with E-state index in [1.807, 2.05) is 12.1 Å². The molecule has 1 aliphatic rings. The lowest BCUT2D eigenvalue weighted by molar-refractivity contribution is 0.207. The van der Waals surface area contributed by atoms with E-state index in [2.05, 4.69) is 24.4 Å². The smallest absolute Gasteiger partial charge is 0.118 e. The maximum absolute atomic E-state index is 9.24. The normalized spacial score (nSPS) is 18.4. The Hall–Kier alpha value is -1.06. The molecule has 0 aromatic heterocycles. The number of rotatable bonds is 7. The van der Waals surface area contributed by atoms with Crippen LogP contribution in [0.15, 0.2) is 24.3 Å². The van der Waals surface area contributed by atoms with Crippen molar-refractivity contribution in [3.8, 4) is 5.75 Å². The van der Waals surface area contributed by atoms with Gasteiger partial charge in [0.15, 0.2) is 0 Å². The Kier molecular flexibility index (Phi) is 4.25. The zero-order valence-electron chi connectivity index (χ0n) is 11.3. The highest BCUT2D eigenvalue weighted by Gasteiger charge is 2.41. The van der Waals surface area contributed by atoms with Gasteiger partial charge in [-0.1, -0.05) is 19.1 Å². The third kappa shape index (κ3) is 3.24. The molecule has 0 heterocycles. The Bertz CT molecular complexity index is 371. The summed E-state index contributed by atoms with van der Waals surface area (Å²) < 4.78 is 5.15. The molecule has 3 heteroatoms. The van der Waals surface area contributed by atoms with Gasteiger partial charge in [-0.05, 0) is 36.5 Å². The Morgan fingerprint density at radius 3 is 2.50 bits per heavy atom. The van der Waals surface area contributed by atoms with Crippen LogP contribution in [0.3, 0.4) is 0 Å². The van der Waals surface area contributed by atoms with E-state index in [0.717, 1.165) is 31.7 Å². The van der Waals surface area contributed by atoms with Gasteiger partial charge in [0, 0.05) is 25.1 Å². The first-order chi connectivity index (χ1) is 8.69. The lowest BCUT2D eigenvalue weighted by Gasteiger charge is -2.17. The number of ether oxygens (including phenoxy) is 1. The molecule has 0 radical (unpaired) electrons. The fourth-order valence-electron chi connectivity index (χ4n) is 2.17. The van der Waals surface area contributed by atoms with Crippen LogP contribution in [0.25, 0.3) is 0 Å². The molecule has 100 valence electrons. The maximum Gasteiger partial charge on any atom is 0.118 e. The molecule has 0 saturated heterocycles. The first-order valence-electron chi connectivity index (χ1n) is 6.65. The molecule has 1 fully saturated rings. The molecule has 0 bridgehead atoms. The Morgan fingerprint density at radius 1 is 1.33 bits per heavy atom. The number of benzene rings is 1. The van der Waals surface area contributed by atoms with Gasteiger partial charge in [0.1, 0.15) is 5.75 Å². The van der Waals surface area contributed by atoms with E-state index in [0.29, 0.717) is 12.5 Å². The number of aliphatic hydroxyl groups is 1. The summed E-state index contributed by atoms with van der Waals surface area (Å²) in [4.78, 5) is 0. The molecule has 1 aliphatic carbocycles. The van der Waals surface area contributed by atoms with Crippen molar-refractivity contribution < 1.29 is 9.84 Å². The second kappa shape index (κ2) is 5.72. The largest absolute Gasteiger partial charge is 0.497 e. The Morgan fingerprint density at radius 2 is 2.00 bits per heavy atom. The highest BCUT2D eigenvalue weighted by atomic mass is 16.5. The fraction of sp³-hybridized carbons (Fsp3) is 0.600. The monoisotopic (exact) mass is 249 g/mol. The summed E-state index contributed by atoms with van der Waals surface area (Å²) in [5.41, 5.74) is 1.51. The number of aliphatic hydroxyl groups excluding tert-OH is 1. The van der Waals surface area contributed by atoms with Gasteiger partial charge >= 0.3 is 0 Å². The van der Waals surface area contributed by atoms with Crippen molar-refractivity contribution >= 4 is 0 Å². The summed E-state index contributed by atoms with van der Waals surface area (Å²) in [6.45, 7) is 4.42. The van der Waals surface area contributed by atoms with Crippen molar-refractivity contribution in [3.63, 3.8) is 0 Å². The maximum atomic E-state index is 9.24. The molecule has 1 aromatic carbocycles. The molecule has 18 heavy (non-hydrogen) atoms. The topological polar surface area (TPSA) is 41.5 Å². The fourth-order valence-corrected chi connectivity index (χ4v) is 2.17. The first kappa shape index (κ1) is 13.4. The van der Waals surface area contributed by atoms with Crippen LogP contribution < -0.4 is 10.1 Å². The van der Waals surface area contributed by atoms with Crippen LogP contribution >= 0.6 is 0 Å². The minimum Gasteiger partial charge on any atom is -0.497 e. The second-order valence-corrected chi connectivity index (χ2v) is 5.46. The lowest BCUT2D eigenvalue weighted by atomic mass is 10.0. The molecule has 0 spiro atoms. The average Bonchev–Trinajstić information content (AvgIpc) is 3.19. The lowest BCUT2D eigenvalue weighted by Crippen LogP contribution is -2.29. The molecule has 0 amide bonds. The molecule has 2 N–H and O–H groups in total. The SMILES string of the molecule is COc1ccc(C(C)CNCC2(CO)CC2)cc1. The predicted molar refractivity (Wildman–Crippen MR) is 73.0 cm³/mol. The number of methoxy groups -OCH3 is 1. The highest BCUT2D eigenvalue weighted by molar-refractivity contribution is 5.29. The molecule has 1 aromatic rings. The summed E-state index contributed by atoms with van der Waals surface area (Å²) in [5, 5.41) is 12.7. The molecular weight excluding hydrogens is 226 g/mol. The van der Waals surface area contributed by atoms with E-state index in [9.17, 15) is 5.11 Å². The van der Waals surface area contributed by atoms with Gasteiger partial charge in [0.2, 0.25) is 0 Å². The van der Waals surface area contributed by atoms with Crippen LogP contribution in [0.5, 0.6) is 5.75 Å². The van der Waals surface area contributed by atoms with Crippen LogP contribution in [0.1, 0.15) is 31.2 Å². The van der Waals surface area contributed by atoms with Crippen LogP contribution in [0.4, 0.5) is 0 Å². The summed E-state index contributed by atoms with van der Waals surface area (Å²) in [5.74, 6) is 1.38. The van der Waals surface area contributed by atoms with Crippen LogP contribution in [-0.2, 0) is 0 Å². The predicted octanol–water partition coefficient (Wildman–Crippen LogP) is 2.16. The van der Waals surface area contributed by atoms with Crippen molar-refractivity contribution in [2.24, 2.45) is 5.41 Å². The molecule has 1 saturated carbocycles. The van der Waals surface area contributed by atoms with Gasteiger partial charge in [0.25, 0.3) is 0 Å². The third-order valence-corrected chi connectivity index (χ3v) is 3.93. The zero-order valence-corrected chi connectivity index (χ0v) is 11.3. The molecular formula is C15H23NO2. The number of hydrogen-bond donors (Lipinski definition) is 2. The van der Waals surface area contributed by atoms with Crippen LogP contribution in [0, 0.1) is 5.41 Å². The van der Waals surface area contributed by atoms with Crippen molar-refractivity contribution in [2.45, 2.75) is 25.7 Å².